The maximum absolute atomic E-state index is 6.95. The quantitative estimate of drug-likeness (QED) is 0.137. The number of hydrogen-bond donors (Lipinski definition) is 0. The first-order valence-electron chi connectivity index (χ1n) is 25.8. The van der Waals surface area contributed by atoms with Crippen molar-refractivity contribution in [1.29, 1.82) is 0 Å². The average molecular weight is 955 g/mol. The van der Waals surface area contributed by atoms with E-state index in [-0.39, 0.29) is 21.7 Å². The minimum atomic E-state index is -0.243. The second-order valence-corrected chi connectivity index (χ2v) is 23.1. The Kier molecular flexibility index (Phi) is 11.7. The van der Waals surface area contributed by atoms with E-state index in [1.54, 1.807) is 0 Å². The van der Waals surface area contributed by atoms with Gasteiger partial charge in [-0.1, -0.05) is 184 Å². The van der Waals surface area contributed by atoms with Crippen LogP contribution in [0.25, 0.3) is 38.8 Å². The normalized spacial score (nSPS) is 13.2. The molecule has 0 aliphatic carbocycles. The van der Waals surface area contributed by atoms with Crippen molar-refractivity contribution in [3.63, 3.8) is 0 Å². The molecule has 10 aromatic rings. The van der Waals surface area contributed by atoms with E-state index in [0.29, 0.717) is 6.67 Å². The number of ether oxygens (including phenoxy) is 1. The van der Waals surface area contributed by atoms with Crippen molar-refractivity contribution in [2.45, 2.75) is 90.9 Å². The standard InChI is InChI=1S/C68H66N4O/c1-65(2,3)50-29-34-61-63(41-50)71(55-38-47(46-21-14-11-15-22-46)37-53(39-55)66(4,5)6)45-70(61)54-27-20-28-56(43-54)73-57-31-32-58-59-40-51(67(7,8)48-23-16-12-17-24-48)30-33-60(59)72(62(58)44-57)64-42-52(35-36-69-64)68(9,10)49-25-18-13-19-26-49/h11-44H,45H2,1-10H3. The van der Waals surface area contributed by atoms with Gasteiger partial charge in [0.2, 0.25) is 0 Å². The maximum Gasteiger partial charge on any atom is 0.137 e. The molecule has 0 unspecified atom stereocenters. The van der Waals surface area contributed by atoms with Crippen molar-refractivity contribution in [2.24, 2.45) is 0 Å². The molecule has 0 saturated heterocycles. The highest BCUT2D eigenvalue weighted by Gasteiger charge is 2.32. The summed E-state index contributed by atoms with van der Waals surface area (Å²) in [5.41, 5.74) is 16.2. The van der Waals surface area contributed by atoms with Crippen molar-refractivity contribution in [3.05, 3.63) is 240 Å². The SMILES string of the molecule is CC(C)(C)c1cc(-c2ccccc2)cc(N2CN(c3cccc(Oc4ccc5c6cc(C(C)(C)c7ccccc7)ccc6n(-c6cc(C(C)(C)c7ccccc7)ccn6)c5c4)c3)c3ccc(C(C)(C)C)cc32)c1. The van der Waals surface area contributed by atoms with Crippen LogP contribution < -0.4 is 14.5 Å². The van der Waals surface area contributed by atoms with Crippen LogP contribution in [0, 0.1) is 0 Å². The van der Waals surface area contributed by atoms with Crippen LogP contribution in [0.2, 0.25) is 0 Å². The van der Waals surface area contributed by atoms with E-state index in [9.17, 15) is 0 Å². The van der Waals surface area contributed by atoms with Crippen LogP contribution in [-0.4, -0.2) is 16.2 Å². The van der Waals surface area contributed by atoms with Crippen molar-refractivity contribution in [3.8, 4) is 28.4 Å². The summed E-state index contributed by atoms with van der Waals surface area (Å²) in [7, 11) is 0. The summed E-state index contributed by atoms with van der Waals surface area (Å²) in [6.07, 6.45) is 1.96. The summed E-state index contributed by atoms with van der Waals surface area (Å²) in [4.78, 5) is 10.0. The Morgan fingerprint density at radius 1 is 0.384 bits per heavy atom. The molecule has 0 saturated carbocycles. The number of hydrogen-bond acceptors (Lipinski definition) is 4. The number of aromatic nitrogens is 2. The highest BCUT2D eigenvalue weighted by Crippen LogP contribution is 2.48. The van der Waals surface area contributed by atoms with Crippen LogP contribution in [0.15, 0.2) is 206 Å². The van der Waals surface area contributed by atoms with E-state index in [1.807, 2.05) is 6.20 Å². The molecule has 1 aliphatic heterocycles. The third-order valence-corrected chi connectivity index (χ3v) is 15.4. The first kappa shape index (κ1) is 47.4. The molecular weight excluding hydrogens is 889 g/mol. The molecule has 1 aliphatic rings. The van der Waals surface area contributed by atoms with Crippen LogP contribution in [0.4, 0.5) is 22.7 Å². The molecule has 0 N–H and O–H groups in total. The Morgan fingerprint density at radius 2 is 1.00 bits per heavy atom. The molecule has 3 heterocycles. The van der Waals surface area contributed by atoms with E-state index < -0.39 is 0 Å². The fraction of sp³-hybridized carbons (Fsp3) is 0.221. The van der Waals surface area contributed by atoms with Crippen molar-refractivity contribution in [2.75, 3.05) is 16.5 Å². The predicted octanol–water partition coefficient (Wildman–Crippen LogP) is 18.1. The Morgan fingerprint density at radius 3 is 1.67 bits per heavy atom. The minimum Gasteiger partial charge on any atom is -0.457 e. The Balaban J connectivity index is 0.995. The molecule has 0 atom stereocenters. The first-order chi connectivity index (χ1) is 34.9. The number of benzene rings is 8. The number of fused-ring (bicyclic) bond motifs is 4. The lowest BCUT2D eigenvalue weighted by atomic mass is 9.78. The molecule has 5 heteroatoms. The van der Waals surface area contributed by atoms with Gasteiger partial charge >= 0.3 is 0 Å². The fourth-order valence-corrected chi connectivity index (χ4v) is 10.7. The molecule has 364 valence electrons. The number of anilines is 4. The number of rotatable bonds is 10. The smallest absolute Gasteiger partial charge is 0.137 e. The second-order valence-electron chi connectivity index (χ2n) is 23.1. The molecule has 0 bridgehead atoms. The number of nitrogens with zero attached hydrogens (tertiary/aromatic N) is 4. The van der Waals surface area contributed by atoms with Crippen LogP contribution in [-0.2, 0) is 21.7 Å². The van der Waals surface area contributed by atoms with E-state index in [2.05, 4.69) is 284 Å². The molecular formula is C68H66N4O. The van der Waals surface area contributed by atoms with Gasteiger partial charge in [0.1, 0.15) is 24.0 Å². The van der Waals surface area contributed by atoms with Gasteiger partial charge in [-0.15, -0.1) is 0 Å². The maximum atomic E-state index is 6.95. The van der Waals surface area contributed by atoms with Gasteiger partial charge in [-0.25, -0.2) is 4.98 Å². The molecule has 11 rings (SSSR count). The molecule has 0 amide bonds. The van der Waals surface area contributed by atoms with Gasteiger partial charge in [-0.3, -0.25) is 4.57 Å². The Bertz CT molecular complexity index is 3650. The highest BCUT2D eigenvalue weighted by atomic mass is 16.5. The van der Waals surface area contributed by atoms with Crippen LogP contribution in [0.3, 0.4) is 0 Å². The lowest BCUT2D eigenvalue weighted by molar-refractivity contribution is 0.483. The molecule has 0 spiro atoms. The van der Waals surface area contributed by atoms with Gasteiger partial charge < -0.3 is 14.5 Å². The Labute approximate surface area is 432 Å². The third-order valence-electron chi connectivity index (χ3n) is 15.4. The summed E-state index contributed by atoms with van der Waals surface area (Å²) in [5, 5.41) is 2.32. The molecule has 2 aromatic heterocycles. The molecule has 0 fully saturated rings. The molecule has 73 heavy (non-hydrogen) atoms. The van der Waals surface area contributed by atoms with E-state index in [4.69, 9.17) is 9.72 Å². The van der Waals surface area contributed by atoms with Gasteiger partial charge in [0, 0.05) is 51.3 Å². The number of pyridine rings is 1. The van der Waals surface area contributed by atoms with E-state index in [0.717, 1.165) is 39.4 Å². The van der Waals surface area contributed by atoms with Gasteiger partial charge in [-0.05, 0) is 128 Å². The van der Waals surface area contributed by atoms with E-state index in [1.165, 1.54) is 67.0 Å². The fourth-order valence-electron chi connectivity index (χ4n) is 10.7. The summed E-state index contributed by atoms with van der Waals surface area (Å²) >= 11 is 0. The zero-order valence-corrected chi connectivity index (χ0v) is 44.0. The third kappa shape index (κ3) is 8.86. The van der Waals surface area contributed by atoms with Crippen molar-refractivity contribution in [1.82, 2.24) is 9.55 Å². The van der Waals surface area contributed by atoms with E-state index >= 15 is 0 Å². The summed E-state index contributed by atoms with van der Waals surface area (Å²) in [5.74, 6) is 2.39. The van der Waals surface area contributed by atoms with Gasteiger partial charge in [-0.2, -0.15) is 0 Å². The summed E-state index contributed by atoms with van der Waals surface area (Å²) in [6, 6.07) is 72.8. The van der Waals surface area contributed by atoms with Gasteiger partial charge in [0.25, 0.3) is 0 Å². The molecule has 8 aromatic carbocycles. The largest absolute Gasteiger partial charge is 0.457 e. The Hall–Kier alpha value is -7.89. The average Bonchev–Trinajstić information content (AvgIpc) is 3.94. The zero-order valence-electron chi connectivity index (χ0n) is 44.0. The van der Waals surface area contributed by atoms with Gasteiger partial charge in [0.15, 0.2) is 0 Å². The van der Waals surface area contributed by atoms with Crippen molar-refractivity contribution >= 4 is 44.6 Å². The first-order valence-corrected chi connectivity index (χ1v) is 25.8. The second kappa shape index (κ2) is 18.0. The van der Waals surface area contributed by atoms with Crippen LogP contribution in [0.1, 0.15) is 103 Å². The summed E-state index contributed by atoms with van der Waals surface area (Å²) < 4.78 is 9.27. The monoisotopic (exact) mass is 955 g/mol. The lowest BCUT2D eigenvalue weighted by Crippen LogP contribution is -2.24. The van der Waals surface area contributed by atoms with Crippen LogP contribution >= 0.6 is 0 Å². The summed E-state index contributed by atoms with van der Waals surface area (Å²) in [6.45, 7) is 23.6. The molecule has 5 nitrogen and oxygen atoms in total. The molecule has 0 radical (unpaired) electrons. The predicted molar refractivity (Wildman–Crippen MR) is 307 cm³/mol. The van der Waals surface area contributed by atoms with Crippen molar-refractivity contribution < 1.29 is 4.74 Å². The van der Waals surface area contributed by atoms with Crippen LogP contribution in [0.5, 0.6) is 11.5 Å². The minimum absolute atomic E-state index is 0.0181. The lowest BCUT2D eigenvalue weighted by Gasteiger charge is -2.27. The topological polar surface area (TPSA) is 33.5 Å². The van der Waals surface area contributed by atoms with Gasteiger partial charge in [0.05, 0.1) is 22.4 Å². The highest BCUT2D eigenvalue weighted by molar-refractivity contribution is 6.10. The zero-order chi connectivity index (χ0) is 50.9.